The van der Waals surface area contributed by atoms with E-state index in [0.717, 1.165) is 44.4 Å². The number of nitrogens with zero attached hydrogens (tertiary/aromatic N) is 1. The molecule has 34 heavy (non-hydrogen) atoms. The van der Waals surface area contributed by atoms with E-state index in [1.165, 1.54) is 0 Å². The number of piperidine rings is 1. The maximum atomic E-state index is 12.9. The standard InChI is InChI=1S/C26H28Cl2N2O4/c27-16-2-7-21(8-3-16)33-11-1-10-30-19-5-6-20(30)14-18(13-19)29-26(32)25-15-23(31)22-12-17(28)4-9-24(22)34-25/h2-4,7-9,12,18-20,25H,1,5-6,10-11,13-15H2,(H,29,32)/t18?,19-,20+,25-/m1/s1. The Morgan fingerprint density at radius 1 is 1.06 bits per heavy atom. The summed E-state index contributed by atoms with van der Waals surface area (Å²) in [5.41, 5.74) is 0.447. The van der Waals surface area contributed by atoms with Crippen molar-refractivity contribution < 1.29 is 19.1 Å². The number of fused-ring (bicyclic) bond motifs is 3. The van der Waals surface area contributed by atoms with E-state index in [1.807, 2.05) is 24.3 Å². The highest BCUT2D eigenvalue weighted by atomic mass is 35.5. The van der Waals surface area contributed by atoms with E-state index in [2.05, 4.69) is 10.2 Å². The van der Waals surface area contributed by atoms with Crippen molar-refractivity contribution in [1.82, 2.24) is 10.2 Å². The molecule has 6 nitrogen and oxygen atoms in total. The van der Waals surface area contributed by atoms with E-state index in [4.69, 9.17) is 32.7 Å². The van der Waals surface area contributed by atoms with Gasteiger partial charge in [0.05, 0.1) is 18.6 Å². The van der Waals surface area contributed by atoms with Crippen LogP contribution < -0.4 is 14.8 Å². The Labute approximate surface area is 209 Å². The summed E-state index contributed by atoms with van der Waals surface area (Å²) >= 11 is 11.9. The van der Waals surface area contributed by atoms with E-state index in [1.54, 1.807) is 18.2 Å². The molecule has 2 fully saturated rings. The first-order chi connectivity index (χ1) is 16.5. The van der Waals surface area contributed by atoms with Gasteiger partial charge in [0, 0.05) is 34.7 Å². The van der Waals surface area contributed by atoms with Crippen molar-refractivity contribution >= 4 is 34.9 Å². The Kier molecular flexibility index (Phi) is 7.00. The number of benzene rings is 2. The molecule has 0 spiro atoms. The second-order valence-electron chi connectivity index (χ2n) is 9.33. The van der Waals surface area contributed by atoms with Gasteiger partial charge in [-0.1, -0.05) is 23.2 Å². The fourth-order valence-electron chi connectivity index (χ4n) is 5.46. The van der Waals surface area contributed by atoms with Gasteiger partial charge >= 0.3 is 0 Å². The molecule has 1 amide bonds. The number of rotatable bonds is 7. The van der Waals surface area contributed by atoms with Crippen molar-refractivity contribution in [3.05, 3.63) is 58.1 Å². The minimum atomic E-state index is -0.790. The average molecular weight is 503 g/mol. The van der Waals surface area contributed by atoms with Crippen LogP contribution in [-0.2, 0) is 4.79 Å². The van der Waals surface area contributed by atoms with Gasteiger partial charge in [0.15, 0.2) is 11.9 Å². The quantitative estimate of drug-likeness (QED) is 0.544. The van der Waals surface area contributed by atoms with Gasteiger partial charge in [-0.25, -0.2) is 0 Å². The van der Waals surface area contributed by atoms with Gasteiger partial charge in [-0.3, -0.25) is 14.5 Å². The SMILES string of the molecule is O=C1C[C@H](C(=O)NC2C[C@H]3CC[C@@H](C2)N3CCCOc2ccc(Cl)cc2)Oc2ccc(Cl)cc21. The first-order valence-corrected chi connectivity index (χ1v) is 12.7. The maximum Gasteiger partial charge on any atom is 0.261 e. The number of hydrogen-bond donors (Lipinski definition) is 1. The van der Waals surface area contributed by atoms with E-state index >= 15 is 0 Å². The van der Waals surface area contributed by atoms with Gasteiger partial charge in [0.2, 0.25) is 0 Å². The molecule has 2 aromatic rings. The molecule has 5 rings (SSSR count). The van der Waals surface area contributed by atoms with Gasteiger partial charge in [-0.2, -0.15) is 0 Å². The third-order valence-corrected chi connectivity index (χ3v) is 7.54. The van der Waals surface area contributed by atoms with Crippen molar-refractivity contribution in [1.29, 1.82) is 0 Å². The van der Waals surface area contributed by atoms with Crippen LogP contribution in [0.1, 0.15) is 48.9 Å². The Bertz CT molecular complexity index is 1050. The molecular weight excluding hydrogens is 475 g/mol. The molecule has 180 valence electrons. The van der Waals surface area contributed by atoms with Crippen LogP contribution in [0.5, 0.6) is 11.5 Å². The molecule has 3 aliphatic heterocycles. The molecule has 0 radical (unpaired) electrons. The van der Waals surface area contributed by atoms with Crippen molar-refractivity contribution in [2.45, 2.75) is 62.8 Å². The maximum absolute atomic E-state index is 12.9. The molecule has 3 aliphatic rings. The van der Waals surface area contributed by atoms with E-state index in [9.17, 15) is 9.59 Å². The summed E-state index contributed by atoms with van der Waals surface area (Å²) < 4.78 is 11.7. The highest BCUT2D eigenvalue weighted by molar-refractivity contribution is 6.31. The number of ether oxygens (including phenoxy) is 2. The lowest BCUT2D eigenvalue weighted by atomic mass is 9.95. The normalized spacial score (nSPS) is 26.0. The molecule has 2 aromatic carbocycles. The molecular formula is C26H28Cl2N2O4. The Balaban J connectivity index is 1.10. The number of carbonyl (C=O) groups is 2. The number of halogens is 2. The summed E-state index contributed by atoms with van der Waals surface area (Å²) in [5, 5.41) is 4.35. The zero-order valence-corrected chi connectivity index (χ0v) is 20.4. The second kappa shape index (κ2) is 10.1. The molecule has 2 bridgehead atoms. The monoisotopic (exact) mass is 502 g/mol. The molecule has 1 unspecified atom stereocenters. The summed E-state index contributed by atoms with van der Waals surface area (Å²) in [6.07, 6.45) is 4.36. The Hall–Kier alpha value is -2.28. The average Bonchev–Trinajstić information content (AvgIpc) is 3.06. The molecule has 1 N–H and O–H groups in total. The first-order valence-electron chi connectivity index (χ1n) is 11.9. The van der Waals surface area contributed by atoms with Crippen LogP contribution in [0.15, 0.2) is 42.5 Å². The number of Topliss-reactive ketones (excluding diaryl/α,β-unsaturated/α-hetero) is 1. The minimum Gasteiger partial charge on any atom is -0.494 e. The largest absolute Gasteiger partial charge is 0.494 e. The van der Waals surface area contributed by atoms with Gasteiger partial charge in [-0.15, -0.1) is 0 Å². The van der Waals surface area contributed by atoms with Crippen molar-refractivity contribution in [2.75, 3.05) is 13.2 Å². The lowest BCUT2D eigenvalue weighted by Crippen LogP contribution is -2.53. The van der Waals surface area contributed by atoms with Crippen molar-refractivity contribution in [3.63, 3.8) is 0 Å². The Morgan fingerprint density at radius 2 is 1.76 bits per heavy atom. The zero-order chi connectivity index (χ0) is 23.7. The number of hydrogen-bond acceptors (Lipinski definition) is 5. The van der Waals surface area contributed by atoms with Crippen molar-refractivity contribution in [2.24, 2.45) is 0 Å². The van der Waals surface area contributed by atoms with Crippen LogP contribution in [-0.4, -0.2) is 54.0 Å². The van der Waals surface area contributed by atoms with Crippen LogP contribution in [0.4, 0.5) is 0 Å². The molecule has 0 saturated carbocycles. The first kappa shape index (κ1) is 23.5. The fourth-order valence-corrected chi connectivity index (χ4v) is 5.76. The van der Waals surface area contributed by atoms with Crippen LogP contribution in [0.25, 0.3) is 0 Å². The Morgan fingerprint density at radius 3 is 2.50 bits per heavy atom. The van der Waals surface area contributed by atoms with Crippen LogP contribution in [0, 0.1) is 0 Å². The lowest BCUT2D eigenvalue weighted by molar-refractivity contribution is -0.129. The van der Waals surface area contributed by atoms with Gasteiger partial charge < -0.3 is 14.8 Å². The molecule has 0 aromatic heterocycles. The topological polar surface area (TPSA) is 67.9 Å². The van der Waals surface area contributed by atoms with Crippen LogP contribution in [0.2, 0.25) is 10.0 Å². The zero-order valence-electron chi connectivity index (χ0n) is 18.8. The number of nitrogens with one attached hydrogen (secondary N) is 1. The number of ketones is 1. The second-order valence-corrected chi connectivity index (χ2v) is 10.2. The van der Waals surface area contributed by atoms with Crippen LogP contribution >= 0.6 is 23.2 Å². The number of amides is 1. The van der Waals surface area contributed by atoms with E-state index in [-0.39, 0.29) is 24.2 Å². The molecule has 8 heteroatoms. The predicted molar refractivity (Wildman–Crippen MR) is 131 cm³/mol. The predicted octanol–water partition coefficient (Wildman–Crippen LogP) is 4.91. The van der Waals surface area contributed by atoms with Crippen LogP contribution in [0.3, 0.4) is 0 Å². The summed E-state index contributed by atoms with van der Waals surface area (Å²) in [4.78, 5) is 28.0. The van der Waals surface area contributed by atoms with Gasteiger partial charge in [0.1, 0.15) is 11.5 Å². The van der Waals surface area contributed by atoms with E-state index < -0.39 is 6.10 Å². The summed E-state index contributed by atoms with van der Waals surface area (Å²) in [6.45, 7) is 1.65. The summed E-state index contributed by atoms with van der Waals surface area (Å²) in [5.74, 6) is 0.946. The smallest absolute Gasteiger partial charge is 0.261 e. The van der Waals surface area contributed by atoms with Crippen molar-refractivity contribution in [3.8, 4) is 11.5 Å². The lowest BCUT2D eigenvalue weighted by Gasteiger charge is -2.39. The highest BCUT2D eigenvalue weighted by Crippen LogP contribution is 2.36. The minimum absolute atomic E-state index is 0.0402. The third-order valence-electron chi connectivity index (χ3n) is 7.05. The fraction of sp³-hybridized carbons (Fsp3) is 0.462. The summed E-state index contributed by atoms with van der Waals surface area (Å²) in [6, 6.07) is 13.4. The van der Waals surface area contributed by atoms with E-state index in [0.29, 0.717) is 40.0 Å². The molecule has 2 saturated heterocycles. The molecule has 0 aliphatic carbocycles. The molecule has 4 atom stereocenters. The third kappa shape index (κ3) is 5.19. The van der Waals surface area contributed by atoms with Gasteiger partial charge in [0.25, 0.3) is 5.91 Å². The number of carbonyl (C=O) groups excluding carboxylic acids is 2. The molecule has 3 heterocycles. The highest BCUT2D eigenvalue weighted by Gasteiger charge is 2.41. The van der Waals surface area contributed by atoms with Gasteiger partial charge in [-0.05, 0) is 74.6 Å². The summed E-state index contributed by atoms with van der Waals surface area (Å²) in [7, 11) is 0.